The second-order valence-corrected chi connectivity index (χ2v) is 27.2. The van der Waals surface area contributed by atoms with Crippen molar-refractivity contribution >= 4 is 96.4 Å². The number of ether oxygens (including phenoxy) is 5. The molecule has 9 N–H and O–H groups in total. The molecule has 0 aliphatic carbocycles. The highest BCUT2D eigenvalue weighted by Crippen LogP contribution is 2.41. The Morgan fingerprint density at radius 1 is 0.409 bits per heavy atom. The quantitative estimate of drug-likeness (QED) is 0.0385. The average molecular weight is 1550 g/mol. The number of anilines is 6. The third kappa shape index (κ3) is 14.3. The zero-order valence-corrected chi connectivity index (χ0v) is 61.3. The number of pyridine rings is 1. The lowest BCUT2D eigenvalue weighted by molar-refractivity contribution is 0.0641. The van der Waals surface area contributed by atoms with Gasteiger partial charge in [0.05, 0.1) is 33.8 Å². The van der Waals surface area contributed by atoms with Crippen LogP contribution in [0.25, 0.3) is 77.6 Å². The molecular weight excluding hydrogens is 1480 g/mol. The number of H-pyrrole nitrogens is 6. The van der Waals surface area contributed by atoms with Crippen LogP contribution in [-0.2, 0) is 0 Å². The van der Waals surface area contributed by atoms with Crippen molar-refractivity contribution in [1.29, 1.82) is 0 Å². The minimum absolute atomic E-state index is 0.0407. The number of aromatic amines is 6. The number of aromatic nitrogens is 18. The third-order valence-corrected chi connectivity index (χ3v) is 19.5. The molecule has 574 valence electrons. The summed E-state index contributed by atoms with van der Waals surface area (Å²) in [6.45, 7) is 9.37. The molecule has 4 aliphatic heterocycles. The number of nitrogens with one attached hydrogen (secondary N) is 9. The van der Waals surface area contributed by atoms with Crippen LogP contribution in [0.15, 0.2) is 165 Å². The van der Waals surface area contributed by atoms with Crippen molar-refractivity contribution in [3.63, 3.8) is 0 Å². The summed E-state index contributed by atoms with van der Waals surface area (Å²) in [5.74, 6) is 0.334. The maximum Gasteiger partial charge on any atom is 0.263 e. The number of carbonyl (C=O) groups is 3. The molecule has 0 saturated carbocycles. The summed E-state index contributed by atoms with van der Waals surface area (Å²) in [6, 6.07) is 36.9. The van der Waals surface area contributed by atoms with E-state index in [1.165, 1.54) is 37.2 Å². The van der Waals surface area contributed by atoms with E-state index in [1.807, 2.05) is 75.4 Å². The van der Waals surface area contributed by atoms with Gasteiger partial charge in [-0.3, -0.25) is 44.6 Å². The molecule has 115 heavy (non-hydrogen) atoms. The van der Waals surface area contributed by atoms with Crippen LogP contribution < -0.4 is 39.6 Å². The number of amides is 3. The van der Waals surface area contributed by atoms with Crippen LogP contribution in [0.2, 0.25) is 0 Å². The number of rotatable bonds is 18. The van der Waals surface area contributed by atoms with Crippen LogP contribution >= 0.6 is 0 Å². The summed E-state index contributed by atoms with van der Waals surface area (Å²) in [6.07, 6.45) is 11.4. The third-order valence-electron chi connectivity index (χ3n) is 19.5. The summed E-state index contributed by atoms with van der Waals surface area (Å²) in [7, 11) is 0. The first-order valence-electron chi connectivity index (χ1n) is 36.4. The molecule has 0 bridgehead atoms. The Hall–Kier alpha value is -15.3. The highest BCUT2D eigenvalue weighted by molar-refractivity contribution is 6.04. The van der Waals surface area contributed by atoms with Gasteiger partial charge in [-0.1, -0.05) is 12.1 Å². The number of aryl methyl sites for hydroxylation is 3. The van der Waals surface area contributed by atoms with E-state index in [2.05, 4.69) is 106 Å². The molecule has 3 fully saturated rings. The molecule has 4 aliphatic rings. The molecular formula is C80H65F3N24O8. The van der Waals surface area contributed by atoms with E-state index in [4.69, 9.17) is 23.7 Å². The molecule has 16 aromatic rings. The number of hydrogen-bond acceptors (Lipinski definition) is 23. The van der Waals surface area contributed by atoms with Gasteiger partial charge in [0.15, 0.2) is 81.1 Å². The van der Waals surface area contributed by atoms with Gasteiger partial charge in [0.2, 0.25) is 24.4 Å². The monoisotopic (exact) mass is 1550 g/mol. The Labute approximate surface area is 648 Å². The fourth-order valence-electron chi connectivity index (χ4n) is 13.3. The van der Waals surface area contributed by atoms with E-state index < -0.39 is 17.5 Å². The smallest absolute Gasteiger partial charge is 0.263 e. The molecule has 20 rings (SSSR count). The number of carbonyl (C=O) groups excluding carboxylic acids is 3. The predicted octanol–water partition coefficient (Wildman–Crippen LogP) is 14.6. The standard InChI is InChI=1S/C28H22FN9O2.C27H22FN7O4.C25H21FN8O2/c1-15-11-17-18(34-15)5-6-22(25(17)29)40-27-24(28(39)38-9-2-10-38)26(32-14-33-27)35-23-13-20(36-37-23)16-3-4-19-21(12-16)31-8-7-30-19;1-14-9-16-17(31-14)4-6-20(24(16)28)39-26-23(27(36)35-7-2-8-35)25(29-12-30-26)32-22-11-18(33-34-22)15-3-5-19-21(10-15)38-13-37-19;1-14-11-15-16(30-14)6-7-19(22(15)26)36-24-21(25(35)34-9-4-10-34)23(28-13-29-24)31-20-12-18(32-33-20)17-5-2-3-8-27-17/h3-8,11-14,34H,2,9-10H2,1H3,(H2,32,33,35,36,37);3-6,9-12,31H,2,7-8,13H2,1H3,(H2,29,30,32,33,34);2-3,5-8,11-13,30H,4,9-10H2,1H3,(H2,28,29,31,32,33). The molecule has 35 heteroatoms. The molecule has 3 amide bonds. The Kier molecular flexibility index (Phi) is 18.7. The minimum Gasteiger partial charge on any atom is -0.454 e. The van der Waals surface area contributed by atoms with Crippen LogP contribution in [-0.4, -0.2) is 169 Å². The molecule has 11 aromatic heterocycles. The van der Waals surface area contributed by atoms with E-state index >= 15 is 13.2 Å². The minimum atomic E-state index is -0.548. The largest absolute Gasteiger partial charge is 0.454 e. The lowest BCUT2D eigenvalue weighted by atomic mass is 10.1. The van der Waals surface area contributed by atoms with Gasteiger partial charge in [0, 0.05) is 137 Å². The van der Waals surface area contributed by atoms with Crippen molar-refractivity contribution in [2.24, 2.45) is 0 Å². The molecule has 3 saturated heterocycles. The van der Waals surface area contributed by atoms with Crippen LogP contribution in [0.1, 0.15) is 67.4 Å². The number of hydrogen-bond donors (Lipinski definition) is 9. The van der Waals surface area contributed by atoms with Gasteiger partial charge in [-0.05, 0) is 137 Å². The second kappa shape index (κ2) is 30.2. The topological polar surface area (TPSA) is 393 Å². The van der Waals surface area contributed by atoms with Gasteiger partial charge in [0.1, 0.15) is 35.7 Å². The molecule has 15 heterocycles. The molecule has 0 radical (unpaired) electrons. The number of halogens is 3. The first-order valence-corrected chi connectivity index (χ1v) is 36.4. The van der Waals surface area contributed by atoms with Crippen LogP contribution in [0, 0.1) is 38.2 Å². The first kappa shape index (κ1) is 71.3. The fraction of sp³-hybridized carbons (Fsp3) is 0.163. The van der Waals surface area contributed by atoms with Crippen molar-refractivity contribution in [1.82, 2.24) is 105 Å². The average Bonchev–Trinajstić information content (AvgIpc) is 1.50. The number of benzene rings is 5. The van der Waals surface area contributed by atoms with Gasteiger partial charge in [0.25, 0.3) is 17.7 Å². The molecule has 0 unspecified atom stereocenters. The van der Waals surface area contributed by atoms with Crippen molar-refractivity contribution in [2.75, 3.05) is 62.0 Å². The van der Waals surface area contributed by atoms with E-state index in [-0.39, 0.29) is 93.5 Å². The summed E-state index contributed by atoms with van der Waals surface area (Å²) in [5.41, 5.74) is 10.8. The van der Waals surface area contributed by atoms with Gasteiger partial charge in [-0.2, -0.15) is 15.3 Å². The Bertz CT molecular complexity index is 6450. The van der Waals surface area contributed by atoms with Crippen molar-refractivity contribution < 1.29 is 51.2 Å². The second-order valence-electron chi connectivity index (χ2n) is 27.2. The Morgan fingerprint density at radius 3 is 1.24 bits per heavy atom. The molecule has 32 nitrogen and oxygen atoms in total. The Balaban J connectivity index is 0.000000120. The zero-order chi connectivity index (χ0) is 78.4. The van der Waals surface area contributed by atoms with Gasteiger partial charge in [-0.15, -0.1) is 0 Å². The Morgan fingerprint density at radius 2 is 0.817 bits per heavy atom. The SMILES string of the molecule is Cc1cc2c(F)c(Oc3ncnc(Nc4cc(-c5ccc6c(c5)OCO6)[nH]n4)c3C(=O)N3CCC3)ccc2[nH]1.Cc1cc2c(F)c(Oc3ncnc(Nc4cc(-c5ccc6nccnc6c5)[nH]n4)c3C(=O)N3CCC3)ccc2[nH]1.Cc1cc2c(F)c(Oc3ncnc(Nc4cc(-c5ccccn5)[nH]n4)c3C(=O)N3CCC3)ccc2[nH]1. The predicted molar refractivity (Wildman–Crippen MR) is 416 cm³/mol. The summed E-state index contributed by atoms with van der Waals surface area (Å²) in [4.78, 5) is 93.0. The molecule has 0 atom stereocenters. The summed E-state index contributed by atoms with van der Waals surface area (Å²) < 4.78 is 74.4. The van der Waals surface area contributed by atoms with E-state index in [0.717, 1.165) is 64.2 Å². The highest BCUT2D eigenvalue weighted by atomic mass is 19.1. The van der Waals surface area contributed by atoms with Gasteiger partial charge in [-0.25, -0.2) is 43.1 Å². The van der Waals surface area contributed by atoms with Crippen LogP contribution in [0.3, 0.4) is 0 Å². The first-order chi connectivity index (χ1) is 56.1. The van der Waals surface area contributed by atoms with Crippen molar-refractivity contribution in [3.8, 4) is 80.3 Å². The van der Waals surface area contributed by atoms with E-state index in [1.54, 1.807) is 87.9 Å². The zero-order valence-electron chi connectivity index (χ0n) is 61.3. The van der Waals surface area contributed by atoms with Crippen molar-refractivity contribution in [2.45, 2.75) is 40.0 Å². The fourth-order valence-corrected chi connectivity index (χ4v) is 13.3. The maximum atomic E-state index is 15.3. The number of fused-ring (bicyclic) bond motifs is 5. The van der Waals surface area contributed by atoms with E-state index in [9.17, 15) is 14.4 Å². The number of likely N-dealkylation sites (tertiary alicyclic amines) is 3. The molecule has 0 spiro atoms. The van der Waals surface area contributed by atoms with Gasteiger partial charge >= 0.3 is 0 Å². The summed E-state index contributed by atoms with van der Waals surface area (Å²) >= 11 is 0. The normalized spacial score (nSPS) is 13.3. The van der Waals surface area contributed by atoms with E-state index in [0.29, 0.717) is 118 Å². The van der Waals surface area contributed by atoms with Crippen molar-refractivity contribution in [3.05, 3.63) is 216 Å². The highest BCUT2D eigenvalue weighted by Gasteiger charge is 2.34. The lowest BCUT2D eigenvalue weighted by Gasteiger charge is -2.31. The lowest BCUT2D eigenvalue weighted by Crippen LogP contribution is -2.42. The molecule has 5 aromatic carbocycles. The maximum absolute atomic E-state index is 15.3. The number of nitrogens with zero attached hydrogens (tertiary/aromatic N) is 15. The van der Waals surface area contributed by atoms with Crippen LogP contribution in [0.4, 0.5) is 48.1 Å². The summed E-state index contributed by atoms with van der Waals surface area (Å²) in [5, 5.41) is 32.3. The van der Waals surface area contributed by atoms with Crippen LogP contribution in [0.5, 0.6) is 46.4 Å². The van der Waals surface area contributed by atoms with Gasteiger partial charge < -0.3 is 69.3 Å².